The number of hydrazone groups is 1. The number of hydrogen-bond acceptors (Lipinski definition) is 5. The zero-order valence-corrected chi connectivity index (χ0v) is 14.2. The van der Waals surface area contributed by atoms with Crippen LogP contribution in [-0.2, 0) is 11.2 Å². The normalized spacial score (nSPS) is 10.6. The van der Waals surface area contributed by atoms with E-state index in [1.54, 1.807) is 12.1 Å². The first-order chi connectivity index (χ1) is 12.0. The maximum Gasteiger partial charge on any atom is 0.277 e. The molecular formula is C17H16ClN3O4. The summed E-state index contributed by atoms with van der Waals surface area (Å²) in [5.74, 6) is 0.121. The summed E-state index contributed by atoms with van der Waals surface area (Å²) in [7, 11) is 0. The minimum atomic E-state index is -0.538. The molecule has 0 fully saturated rings. The van der Waals surface area contributed by atoms with Gasteiger partial charge in [-0.05, 0) is 30.2 Å². The quantitative estimate of drug-likeness (QED) is 0.465. The third-order valence-corrected chi connectivity index (χ3v) is 3.63. The lowest BCUT2D eigenvalue weighted by Crippen LogP contribution is -2.24. The number of ether oxygens (including phenoxy) is 1. The molecule has 0 unspecified atom stereocenters. The number of nitrogens with one attached hydrogen (secondary N) is 1. The molecule has 0 heterocycles. The highest BCUT2D eigenvalue weighted by molar-refractivity contribution is 6.33. The number of benzene rings is 2. The van der Waals surface area contributed by atoms with Crippen molar-refractivity contribution in [3.63, 3.8) is 0 Å². The zero-order valence-electron chi connectivity index (χ0n) is 13.4. The summed E-state index contributed by atoms with van der Waals surface area (Å²) in [6, 6.07) is 11.4. The fourth-order valence-corrected chi connectivity index (χ4v) is 2.09. The van der Waals surface area contributed by atoms with E-state index < -0.39 is 10.8 Å². The number of hydrogen-bond donors (Lipinski definition) is 1. The monoisotopic (exact) mass is 361 g/mol. The van der Waals surface area contributed by atoms with Crippen molar-refractivity contribution >= 4 is 29.4 Å². The molecule has 0 saturated heterocycles. The van der Waals surface area contributed by atoms with Crippen molar-refractivity contribution in [2.45, 2.75) is 13.3 Å². The average molecular weight is 362 g/mol. The number of amides is 1. The number of nitrogens with zero attached hydrogens (tertiary/aromatic N) is 2. The van der Waals surface area contributed by atoms with E-state index in [1.807, 2.05) is 12.1 Å². The molecule has 2 aromatic carbocycles. The molecule has 2 rings (SSSR count). The maximum atomic E-state index is 11.7. The minimum absolute atomic E-state index is 0.115. The van der Waals surface area contributed by atoms with E-state index in [4.69, 9.17) is 16.3 Å². The lowest BCUT2D eigenvalue weighted by Gasteiger charge is -2.05. The Labute approximate surface area is 149 Å². The van der Waals surface area contributed by atoms with Crippen molar-refractivity contribution in [2.24, 2.45) is 5.10 Å². The molecule has 0 bridgehead atoms. The fourth-order valence-electron chi connectivity index (χ4n) is 1.92. The van der Waals surface area contributed by atoms with Crippen LogP contribution < -0.4 is 10.2 Å². The Kier molecular flexibility index (Phi) is 6.47. The van der Waals surface area contributed by atoms with Crippen LogP contribution >= 0.6 is 11.6 Å². The summed E-state index contributed by atoms with van der Waals surface area (Å²) in [5, 5.41) is 14.8. The van der Waals surface area contributed by atoms with Gasteiger partial charge in [0.1, 0.15) is 5.75 Å². The van der Waals surface area contributed by atoms with Crippen LogP contribution in [0.5, 0.6) is 5.75 Å². The topological polar surface area (TPSA) is 93.8 Å². The van der Waals surface area contributed by atoms with Gasteiger partial charge in [0.2, 0.25) is 0 Å². The van der Waals surface area contributed by atoms with Gasteiger partial charge in [-0.25, -0.2) is 5.43 Å². The van der Waals surface area contributed by atoms with Gasteiger partial charge in [0, 0.05) is 22.7 Å². The SMILES string of the molecule is CCc1ccc(OCC(=O)NN=Cc2cc([N+](=O)[O-])ccc2Cl)cc1. The Morgan fingerprint density at radius 2 is 2.04 bits per heavy atom. The van der Waals surface area contributed by atoms with Gasteiger partial charge in [-0.3, -0.25) is 14.9 Å². The van der Waals surface area contributed by atoms with Gasteiger partial charge in [0.15, 0.2) is 6.61 Å². The van der Waals surface area contributed by atoms with E-state index in [0.717, 1.165) is 6.42 Å². The highest BCUT2D eigenvalue weighted by atomic mass is 35.5. The average Bonchev–Trinajstić information content (AvgIpc) is 2.61. The number of carbonyl (C=O) groups is 1. The molecule has 1 N–H and O–H groups in total. The van der Waals surface area contributed by atoms with Crippen molar-refractivity contribution < 1.29 is 14.5 Å². The fraction of sp³-hybridized carbons (Fsp3) is 0.176. The second-order valence-corrected chi connectivity index (χ2v) is 5.45. The Balaban J connectivity index is 1.87. The second kappa shape index (κ2) is 8.79. The number of nitro groups is 1. The number of halogens is 1. The highest BCUT2D eigenvalue weighted by Crippen LogP contribution is 2.20. The van der Waals surface area contributed by atoms with Crippen molar-refractivity contribution in [3.05, 3.63) is 68.7 Å². The van der Waals surface area contributed by atoms with Gasteiger partial charge >= 0.3 is 0 Å². The summed E-state index contributed by atoms with van der Waals surface area (Å²) in [4.78, 5) is 21.9. The molecule has 8 heteroatoms. The summed E-state index contributed by atoms with van der Waals surface area (Å²) in [5.41, 5.74) is 3.66. The molecule has 7 nitrogen and oxygen atoms in total. The Morgan fingerprint density at radius 3 is 2.68 bits per heavy atom. The second-order valence-electron chi connectivity index (χ2n) is 5.04. The molecule has 25 heavy (non-hydrogen) atoms. The first-order valence-corrected chi connectivity index (χ1v) is 7.85. The van der Waals surface area contributed by atoms with Crippen molar-refractivity contribution in [1.82, 2.24) is 5.43 Å². The number of rotatable bonds is 7. The third-order valence-electron chi connectivity index (χ3n) is 3.28. The third kappa shape index (κ3) is 5.58. The Morgan fingerprint density at radius 1 is 1.32 bits per heavy atom. The molecule has 0 aliphatic heterocycles. The minimum Gasteiger partial charge on any atom is -0.484 e. The van der Waals surface area contributed by atoms with E-state index in [1.165, 1.54) is 30.0 Å². The van der Waals surface area contributed by atoms with Crippen molar-refractivity contribution in [2.75, 3.05) is 6.61 Å². The molecule has 0 aliphatic carbocycles. The van der Waals surface area contributed by atoms with Crippen LogP contribution in [0.3, 0.4) is 0 Å². The lowest BCUT2D eigenvalue weighted by atomic mass is 10.2. The first kappa shape index (κ1) is 18.4. The summed E-state index contributed by atoms with van der Waals surface area (Å²) < 4.78 is 5.34. The van der Waals surface area contributed by atoms with Crippen LogP contribution in [0.4, 0.5) is 5.69 Å². The predicted molar refractivity (Wildman–Crippen MR) is 95.2 cm³/mol. The molecule has 0 aromatic heterocycles. The van der Waals surface area contributed by atoms with E-state index in [2.05, 4.69) is 17.5 Å². The number of nitro benzene ring substituents is 1. The van der Waals surface area contributed by atoms with Gasteiger partial charge in [-0.2, -0.15) is 5.10 Å². The lowest BCUT2D eigenvalue weighted by molar-refractivity contribution is -0.384. The van der Waals surface area contributed by atoms with Crippen LogP contribution in [0, 0.1) is 10.1 Å². The molecule has 0 spiro atoms. The molecule has 2 aromatic rings. The predicted octanol–water partition coefficient (Wildman–Crippen LogP) is 3.34. The van der Waals surface area contributed by atoms with Crippen LogP contribution in [0.15, 0.2) is 47.6 Å². The van der Waals surface area contributed by atoms with E-state index in [-0.39, 0.29) is 17.3 Å². The van der Waals surface area contributed by atoms with Crippen LogP contribution in [-0.4, -0.2) is 23.7 Å². The number of aryl methyl sites for hydroxylation is 1. The highest BCUT2D eigenvalue weighted by Gasteiger charge is 2.08. The van der Waals surface area contributed by atoms with Gasteiger partial charge < -0.3 is 4.74 Å². The van der Waals surface area contributed by atoms with Gasteiger partial charge in [-0.15, -0.1) is 0 Å². The smallest absolute Gasteiger partial charge is 0.277 e. The standard InChI is InChI=1S/C17H16ClN3O4/c1-2-12-3-6-15(7-4-12)25-11-17(22)20-19-10-13-9-14(21(23)24)5-8-16(13)18/h3-10H,2,11H2,1H3,(H,20,22). The summed E-state index contributed by atoms with van der Waals surface area (Å²) in [6.07, 6.45) is 2.17. The molecule has 0 radical (unpaired) electrons. The van der Waals surface area contributed by atoms with Gasteiger partial charge in [-0.1, -0.05) is 30.7 Å². The largest absolute Gasteiger partial charge is 0.484 e. The van der Waals surface area contributed by atoms with E-state index >= 15 is 0 Å². The molecule has 0 aliphatic rings. The number of non-ortho nitro benzene ring substituents is 1. The van der Waals surface area contributed by atoms with Gasteiger partial charge in [0.05, 0.1) is 11.1 Å². The molecule has 130 valence electrons. The molecule has 0 saturated carbocycles. The van der Waals surface area contributed by atoms with Crippen molar-refractivity contribution in [3.8, 4) is 5.75 Å². The van der Waals surface area contributed by atoms with Crippen LogP contribution in [0.25, 0.3) is 0 Å². The Hall–Kier alpha value is -2.93. The van der Waals surface area contributed by atoms with Crippen molar-refractivity contribution in [1.29, 1.82) is 0 Å². The summed E-state index contributed by atoms with van der Waals surface area (Å²) >= 11 is 5.93. The zero-order chi connectivity index (χ0) is 18.2. The van der Waals surface area contributed by atoms with E-state index in [9.17, 15) is 14.9 Å². The summed E-state index contributed by atoms with van der Waals surface area (Å²) in [6.45, 7) is 1.85. The first-order valence-electron chi connectivity index (χ1n) is 7.47. The van der Waals surface area contributed by atoms with E-state index in [0.29, 0.717) is 11.3 Å². The Bertz CT molecular complexity index is 791. The van der Waals surface area contributed by atoms with Crippen LogP contribution in [0.1, 0.15) is 18.1 Å². The van der Waals surface area contributed by atoms with Crippen LogP contribution in [0.2, 0.25) is 5.02 Å². The van der Waals surface area contributed by atoms with Gasteiger partial charge in [0.25, 0.3) is 11.6 Å². The maximum absolute atomic E-state index is 11.7. The molecule has 0 atom stereocenters. The molecule has 1 amide bonds. The molecular weight excluding hydrogens is 346 g/mol. The number of carbonyl (C=O) groups excluding carboxylic acids is 1.